The Labute approximate surface area is 183 Å². The first-order valence-corrected chi connectivity index (χ1v) is 12.3. The number of sulfone groups is 1. The fourth-order valence-electron chi connectivity index (χ4n) is 4.06. The summed E-state index contributed by atoms with van der Waals surface area (Å²) in [6.45, 7) is 6.63. The summed E-state index contributed by atoms with van der Waals surface area (Å²) in [5.74, 6) is -1.18. The fourth-order valence-corrected chi connectivity index (χ4v) is 4.58. The van der Waals surface area contributed by atoms with Crippen LogP contribution in [-0.2, 0) is 9.84 Å². The van der Waals surface area contributed by atoms with Crippen LogP contribution < -0.4 is 10.2 Å². The molecule has 0 unspecified atom stereocenters. The van der Waals surface area contributed by atoms with Crippen LogP contribution in [0.25, 0.3) is 0 Å². The zero-order valence-electron chi connectivity index (χ0n) is 18.4. The van der Waals surface area contributed by atoms with E-state index in [0.717, 1.165) is 36.7 Å². The number of amides is 1. The van der Waals surface area contributed by atoms with E-state index in [4.69, 9.17) is 0 Å². The van der Waals surface area contributed by atoms with Gasteiger partial charge >= 0.3 is 0 Å². The van der Waals surface area contributed by atoms with Crippen LogP contribution in [-0.4, -0.2) is 33.2 Å². The van der Waals surface area contributed by atoms with Gasteiger partial charge < -0.3 is 10.2 Å². The number of anilines is 1. The number of halogens is 1. The smallest absolute Gasteiger partial charge is 0.254 e. The summed E-state index contributed by atoms with van der Waals surface area (Å²) >= 11 is 0. The number of rotatable bonds is 6. The van der Waals surface area contributed by atoms with Gasteiger partial charge in [-0.2, -0.15) is 0 Å². The molecule has 0 aromatic heterocycles. The lowest BCUT2D eigenvalue weighted by atomic mass is 9.97. The molecule has 1 N–H and O–H groups in total. The largest absolute Gasteiger partial charge is 0.364 e. The molecule has 1 saturated heterocycles. The molecule has 1 amide bonds. The van der Waals surface area contributed by atoms with Gasteiger partial charge in [-0.25, -0.2) is 12.8 Å². The maximum atomic E-state index is 14.8. The van der Waals surface area contributed by atoms with E-state index in [9.17, 15) is 17.6 Å². The highest BCUT2D eigenvalue weighted by atomic mass is 32.2. The minimum Gasteiger partial charge on any atom is -0.364 e. The van der Waals surface area contributed by atoms with Crippen molar-refractivity contribution in [3.63, 3.8) is 0 Å². The summed E-state index contributed by atoms with van der Waals surface area (Å²) in [5, 5.41) is 3.63. The molecule has 3 rings (SSSR count). The lowest BCUT2D eigenvalue weighted by Gasteiger charge is -2.29. The van der Waals surface area contributed by atoms with Crippen molar-refractivity contribution in [1.82, 2.24) is 5.32 Å². The zero-order chi connectivity index (χ0) is 22.8. The quantitative estimate of drug-likeness (QED) is 0.714. The molecule has 7 heteroatoms. The number of benzene rings is 2. The Morgan fingerprint density at radius 2 is 1.97 bits per heavy atom. The van der Waals surface area contributed by atoms with Crippen molar-refractivity contribution in [3.8, 4) is 0 Å². The number of aryl methyl sites for hydroxylation is 2. The summed E-state index contributed by atoms with van der Waals surface area (Å²) < 4.78 is 37.3. The molecule has 1 aliphatic rings. The van der Waals surface area contributed by atoms with Gasteiger partial charge in [0.1, 0.15) is 5.82 Å². The number of carbonyl (C=O) groups is 1. The molecule has 1 fully saturated rings. The lowest BCUT2D eigenvalue weighted by molar-refractivity contribution is 0.0943. The van der Waals surface area contributed by atoms with Gasteiger partial charge in [-0.1, -0.05) is 29.8 Å². The standard InChI is InChI=1S/C24H29FN2O3S/c1-16-7-9-20(17(2)14-16)23-6-5-12-27(23)19-8-10-21(22(25)15-19)24(28)26-18(3)11-13-31(4,29)30/h7-11,13-15,18,23H,5-6,12H2,1-4H3,(H,26,28)/b13-11+/t18-,23-/m1/s1. The summed E-state index contributed by atoms with van der Waals surface area (Å²) in [5.41, 5.74) is 4.38. The Kier molecular flexibility index (Phi) is 6.84. The maximum absolute atomic E-state index is 14.8. The Morgan fingerprint density at radius 1 is 1.23 bits per heavy atom. The molecule has 166 valence electrons. The van der Waals surface area contributed by atoms with Crippen LogP contribution in [0.1, 0.15) is 52.9 Å². The molecule has 0 spiro atoms. The van der Waals surface area contributed by atoms with Gasteiger partial charge in [0.25, 0.3) is 5.91 Å². The van der Waals surface area contributed by atoms with Crippen LogP contribution in [0.4, 0.5) is 10.1 Å². The molecule has 1 aliphatic heterocycles. The molecule has 5 nitrogen and oxygen atoms in total. The van der Waals surface area contributed by atoms with Crippen molar-refractivity contribution >= 4 is 21.4 Å². The van der Waals surface area contributed by atoms with Gasteiger partial charge in [0.2, 0.25) is 0 Å². The second kappa shape index (κ2) is 9.22. The summed E-state index contributed by atoms with van der Waals surface area (Å²) in [7, 11) is -3.29. The molecule has 0 bridgehead atoms. The van der Waals surface area contributed by atoms with E-state index < -0.39 is 27.6 Å². The van der Waals surface area contributed by atoms with Crippen LogP contribution in [0, 0.1) is 19.7 Å². The average molecular weight is 445 g/mol. The predicted octanol–water partition coefficient (Wildman–Crippen LogP) is 4.46. The van der Waals surface area contributed by atoms with Crippen molar-refractivity contribution in [2.75, 3.05) is 17.7 Å². The Bertz CT molecular complexity index is 1110. The van der Waals surface area contributed by atoms with Crippen LogP contribution in [0.5, 0.6) is 0 Å². The van der Waals surface area contributed by atoms with E-state index in [-0.39, 0.29) is 11.6 Å². The van der Waals surface area contributed by atoms with Crippen LogP contribution in [0.3, 0.4) is 0 Å². The van der Waals surface area contributed by atoms with Gasteiger partial charge in [0.15, 0.2) is 9.84 Å². The Hall–Kier alpha value is -2.67. The number of hydrogen-bond acceptors (Lipinski definition) is 4. The highest BCUT2D eigenvalue weighted by Gasteiger charge is 2.28. The average Bonchev–Trinajstić information content (AvgIpc) is 3.15. The van der Waals surface area contributed by atoms with Crippen molar-refractivity contribution in [3.05, 3.63) is 76.0 Å². The van der Waals surface area contributed by atoms with E-state index in [1.54, 1.807) is 13.0 Å². The van der Waals surface area contributed by atoms with E-state index in [1.165, 1.54) is 34.9 Å². The topological polar surface area (TPSA) is 66.5 Å². The third-order valence-corrected chi connectivity index (χ3v) is 6.19. The van der Waals surface area contributed by atoms with Crippen molar-refractivity contribution < 1.29 is 17.6 Å². The summed E-state index contributed by atoms with van der Waals surface area (Å²) in [4.78, 5) is 14.6. The third-order valence-electron chi connectivity index (χ3n) is 5.54. The van der Waals surface area contributed by atoms with Gasteiger partial charge in [0, 0.05) is 29.9 Å². The normalized spacial score (nSPS) is 17.8. The molecule has 2 aromatic carbocycles. The second-order valence-electron chi connectivity index (χ2n) is 8.30. The van der Waals surface area contributed by atoms with Crippen molar-refractivity contribution in [2.45, 2.75) is 45.7 Å². The molecular formula is C24H29FN2O3S. The van der Waals surface area contributed by atoms with Crippen molar-refractivity contribution in [1.29, 1.82) is 0 Å². The van der Waals surface area contributed by atoms with Crippen molar-refractivity contribution in [2.24, 2.45) is 0 Å². The van der Waals surface area contributed by atoms with Gasteiger partial charge in [0.05, 0.1) is 11.6 Å². The molecule has 1 heterocycles. The van der Waals surface area contributed by atoms with E-state index in [0.29, 0.717) is 0 Å². The Morgan fingerprint density at radius 3 is 2.61 bits per heavy atom. The maximum Gasteiger partial charge on any atom is 0.254 e. The Balaban J connectivity index is 1.78. The summed E-state index contributed by atoms with van der Waals surface area (Å²) in [6, 6.07) is 10.7. The highest BCUT2D eigenvalue weighted by Crippen LogP contribution is 2.38. The van der Waals surface area contributed by atoms with E-state index in [1.807, 2.05) is 0 Å². The zero-order valence-corrected chi connectivity index (χ0v) is 19.2. The van der Waals surface area contributed by atoms with Crippen LogP contribution in [0.15, 0.2) is 47.9 Å². The second-order valence-corrected chi connectivity index (χ2v) is 10.2. The molecule has 2 aromatic rings. The fraction of sp³-hybridized carbons (Fsp3) is 0.375. The van der Waals surface area contributed by atoms with E-state index >= 15 is 0 Å². The van der Waals surface area contributed by atoms with Gasteiger partial charge in [-0.15, -0.1) is 0 Å². The molecule has 31 heavy (non-hydrogen) atoms. The molecule has 2 atom stereocenters. The van der Waals surface area contributed by atoms with Gasteiger partial charge in [-0.3, -0.25) is 4.79 Å². The number of carbonyl (C=O) groups excluding carboxylic acids is 1. The van der Waals surface area contributed by atoms with Gasteiger partial charge in [-0.05, 0) is 62.9 Å². The lowest BCUT2D eigenvalue weighted by Crippen LogP contribution is -2.32. The first-order chi connectivity index (χ1) is 14.5. The monoisotopic (exact) mass is 444 g/mol. The van der Waals surface area contributed by atoms with E-state index in [2.05, 4.69) is 42.3 Å². The number of hydrogen-bond donors (Lipinski definition) is 1. The first kappa shape index (κ1) is 23.0. The molecule has 0 aliphatic carbocycles. The number of nitrogens with one attached hydrogen (secondary N) is 1. The third kappa shape index (κ3) is 5.73. The SMILES string of the molecule is Cc1ccc([C@H]2CCCN2c2ccc(C(=O)N[C@H](C)/C=C/S(C)(=O)=O)c(F)c2)c(C)c1. The van der Waals surface area contributed by atoms with Crippen LogP contribution in [0.2, 0.25) is 0 Å². The molecule has 0 saturated carbocycles. The first-order valence-electron chi connectivity index (χ1n) is 10.4. The van der Waals surface area contributed by atoms with Crippen LogP contribution >= 0.6 is 0 Å². The summed E-state index contributed by atoms with van der Waals surface area (Å²) in [6.07, 6.45) is 4.45. The minimum atomic E-state index is -3.29. The highest BCUT2D eigenvalue weighted by molar-refractivity contribution is 7.93. The molecule has 0 radical (unpaired) electrons. The number of nitrogens with zero attached hydrogens (tertiary/aromatic N) is 1. The minimum absolute atomic E-state index is 0.0642. The predicted molar refractivity (Wildman–Crippen MR) is 123 cm³/mol. The molecular weight excluding hydrogens is 415 g/mol.